The monoisotopic (exact) mass is 218 g/mol. The summed E-state index contributed by atoms with van der Waals surface area (Å²) in [5.41, 5.74) is 2.35. The van der Waals surface area contributed by atoms with E-state index in [1.165, 1.54) is 4.90 Å². The van der Waals surface area contributed by atoms with Gasteiger partial charge >= 0.3 is 6.03 Å². The molecule has 1 unspecified atom stereocenters. The number of aromatic hydroxyl groups is 1. The average molecular weight is 218 g/mol. The number of carbonyl (C=O) groups is 1. The summed E-state index contributed by atoms with van der Waals surface area (Å²) in [5.74, 6) is 0.176. The summed E-state index contributed by atoms with van der Waals surface area (Å²) >= 11 is 0. The number of hydrogen-bond donors (Lipinski definition) is 2. The van der Waals surface area contributed by atoms with Crippen molar-refractivity contribution in [2.24, 2.45) is 0 Å². The zero-order valence-electron chi connectivity index (χ0n) is 9.32. The van der Waals surface area contributed by atoms with Gasteiger partial charge in [0.25, 0.3) is 0 Å². The molecule has 1 aliphatic heterocycles. The van der Waals surface area contributed by atoms with E-state index in [9.17, 15) is 9.90 Å². The molecule has 84 valence electrons. The molecule has 1 atom stereocenters. The van der Waals surface area contributed by atoms with E-state index in [4.69, 9.17) is 0 Å². The molecule has 2 N–H and O–H groups in total. The molecule has 1 aromatic carbocycles. The van der Waals surface area contributed by atoms with E-state index < -0.39 is 0 Å². The van der Waals surface area contributed by atoms with Gasteiger partial charge in [-0.15, -0.1) is 0 Å². The fraction of sp³-hybridized carbons (Fsp3) is 0.250. The third-order valence-electron chi connectivity index (χ3n) is 2.86. The second-order valence-electron chi connectivity index (χ2n) is 3.95. The molecule has 4 nitrogen and oxygen atoms in total. The van der Waals surface area contributed by atoms with Crippen LogP contribution in [0.1, 0.15) is 24.1 Å². The number of nitrogens with zero attached hydrogens (tertiary/aromatic N) is 1. The van der Waals surface area contributed by atoms with Gasteiger partial charge < -0.3 is 10.4 Å². The summed E-state index contributed by atoms with van der Waals surface area (Å²) < 4.78 is 0. The number of rotatable bonds is 0. The lowest BCUT2D eigenvalue weighted by atomic mass is 9.99. The van der Waals surface area contributed by atoms with Crippen LogP contribution in [0.2, 0.25) is 0 Å². The molecular formula is C12H14N2O2. The second kappa shape index (κ2) is 3.56. The van der Waals surface area contributed by atoms with Crippen LogP contribution in [0.25, 0.3) is 5.70 Å². The van der Waals surface area contributed by atoms with Crippen molar-refractivity contribution < 1.29 is 9.90 Å². The minimum atomic E-state index is -0.187. The van der Waals surface area contributed by atoms with Crippen molar-refractivity contribution in [3.05, 3.63) is 35.9 Å². The molecule has 0 radical (unpaired) electrons. The Morgan fingerprint density at radius 3 is 2.88 bits per heavy atom. The first-order valence-electron chi connectivity index (χ1n) is 5.07. The van der Waals surface area contributed by atoms with Crippen molar-refractivity contribution in [3.63, 3.8) is 0 Å². The van der Waals surface area contributed by atoms with Crippen LogP contribution in [0.15, 0.2) is 24.8 Å². The molecule has 0 saturated carbocycles. The molecule has 0 bridgehead atoms. The highest BCUT2D eigenvalue weighted by molar-refractivity contribution is 5.87. The van der Waals surface area contributed by atoms with E-state index in [0.717, 1.165) is 11.1 Å². The molecule has 2 rings (SSSR count). The maximum absolute atomic E-state index is 11.7. The Bertz CT molecular complexity index is 468. The topological polar surface area (TPSA) is 52.6 Å². The lowest BCUT2D eigenvalue weighted by Crippen LogP contribution is -2.34. The number of phenols is 1. The Kier molecular flexibility index (Phi) is 2.34. The minimum absolute atomic E-state index is 0.0928. The van der Waals surface area contributed by atoms with E-state index in [-0.39, 0.29) is 17.8 Å². The van der Waals surface area contributed by atoms with Crippen molar-refractivity contribution in [1.82, 2.24) is 10.2 Å². The standard InChI is InChI=1S/C12H14N2O2/c1-7-10-5-4-9(15)6-11(10)8(2)14(3)12(16)13-7/h4-7,15H,2H2,1,3H3,(H,13,16). The summed E-state index contributed by atoms with van der Waals surface area (Å²) in [5, 5.41) is 12.3. The number of urea groups is 1. The van der Waals surface area contributed by atoms with E-state index in [1.807, 2.05) is 6.92 Å². The molecule has 1 aliphatic rings. The van der Waals surface area contributed by atoms with E-state index in [0.29, 0.717) is 5.70 Å². The zero-order valence-corrected chi connectivity index (χ0v) is 9.32. The van der Waals surface area contributed by atoms with Gasteiger partial charge in [0.05, 0.1) is 6.04 Å². The predicted octanol–water partition coefficient (Wildman–Crippen LogP) is 2.08. The van der Waals surface area contributed by atoms with Crippen molar-refractivity contribution in [2.75, 3.05) is 7.05 Å². The number of benzene rings is 1. The fourth-order valence-electron chi connectivity index (χ4n) is 1.83. The van der Waals surface area contributed by atoms with E-state index in [1.54, 1.807) is 25.2 Å². The fourth-order valence-corrected chi connectivity index (χ4v) is 1.83. The molecule has 2 amide bonds. The smallest absolute Gasteiger partial charge is 0.322 e. The Balaban J connectivity index is 2.60. The van der Waals surface area contributed by atoms with Gasteiger partial charge in [-0.05, 0) is 24.6 Å². The second-order valence-corrected chi connectivity index (χ2v) is 3.95. The molecule has 0 saturated heterocycles. The molecule has 1 aromatic rings. The van der Waals surface area contributed by atoms with Crippen LogP contribution < -0.4 is 5.32 Å². The average Bonchev–Trinajstić information content (AvgIpc) is 2.32. The van der Waals surface area contributed by atoms with Crippen LogP contribution in [-0.2, 0) is 0 Å². The van der Waals surface area contributed by atoms with Gasteiger partial charge in [-0.25, -0.2) is 4.79 Å². The highest BCUT2D eigenvalue weighted by Crippen LogP contribution is 2.31. The van der Waals surface area contributed by atoms with Crippen molar-refractivity contribution >= 4 is 11.7 Å². The Morgan fingerprint density at radius 2 is 2.19 bits per heavy atom. The molecule has 0 aliphatic carbocycles. The van der Waals surface area contributed by atoms with Crippen molar-refractivity contribution in [2.45, 2.75) is 13.0 Å². The molecule has 0 aromatic heterocycles. The SMILES string of the molecule is C=C1c2cc(O)ccc2C(C)NC(=O)N1C. The van der Waals surface area contributed by atoms with Crippen LogP contribution in [0, 0.1) is 0 Å². The number of phenolic OH excluding ortho intramolecular Hbond substituents is 1. The van der Waals surface area contributed by atoms with Gasteiger partial charge in [0.2, 0.25) is 0 Å². The third-order valence-corrected chi connectivity index (χ3v) is 2.86. The summed E-state index contributed by atoms with van der Waals surface area (Å²) in [6.07, 6.45) is 0. The van der Waals surface area contributed by atoms with Crippen LogP contribution >= 0.6 is 0 Å². The Hall–Kier alpha value is -1.97. The maximum atomic E-state index is 11.7. The first-order valence-corrected chi connectivity index (χ1v) is 5.07. The van der Waals surface area contributed by atoms with Gasteiger partial charge in [0, 0.05) is 18.3 Å². The zero-order chi connectivity index (χ0) is 11.9. The van der Waals surface area contributed by atoms with Gasteiger partial charge in [0.15, 0.2) is 0 Å². The van der Waals surface area contributed by atoms with E-state index in [2.05, 4.69) is 11.9 Å². The van der Waals surface area contributed by atoms with Crippen molar-refractivity contribution in [1.29, 1.82) is 0 Å². The number of hydrogen-bond acceptors (Lipinski definition) is 2. The first-order chi connectivity index (χ1) is 7.50. The Labute approximate surface area is 94.2 Å². The van der Waals surface area contributed by atoms with Gasteiger partial charge in [0.1, 0.15) is 5.75 Å². The Morgan fingerprint density at radius 1 is 1.50 bits per heavy atom. The minimum Gasteiger partial charge on any atom is -0.508 e. The lowest BCUT2D eigenvalue weighted by molar-refractivity contribution is 0.222. The summed E-state index contributed by atoms with van der Waals surface area (Å²) in [6, 6.07) is 4.77. The number of carbonyl (C=O) groups excluding carboxylic acids is 1. The van der Waals surface area contributed by atoms with E-state index >= 15 is 0 Å². The summed E-state index contributed by atoms with van der Waals surface area (Å²) in [4.78, 5) is 13.1. The van der Waals surface area contributed by atoms with Crippen LogP contribution in [-0.4, -0.2) is 23.1 Å². The molecular weight excluding hydrogens is 204 g/mol. The summed E-state index contributed by atoms with van der Waals surface area (Å²) in [6.45, 7) is 5.78. The maximum Gasteiger partial charge on any atom is 0.322 e. The van der Waals surface area contributed by atoms with Gasteiger partial charge in [-0.2, -0.15) is 0 Å². The van der Waals surface area contributed by atoms with Gasteiger partial charge in [-0.3, -0.25) is 4.90 Å². The number of amides is 2. The lowest BCUT2D eigenvalue weighted by Gasteiger charge is -2.17. The van der Waals surface area contributed by atoms with Crippen LogP contribution in [0.5, 0.6) is 5.75 Å². The molecule has 4 heteroatoms. The van der Waals surface area contributed by atoms with Crippen LogP contribution in [0.4, 0.5) is 4.79 Å². The number of nitrogens with one attached hydrogen (secondary N) is 1. The van der Waals surface area contributed by atoms with Crippen LogP contribution in [0.3, 0.4) is 0 Å². The summed E-state index contributed by atoms with van der Waals surface area (Å²) in [7, 11) is 1.66. The van der Waals surface area contributed by atoms with Crippen molar-refractivity contribution in [3.8, 4) is 5.75 Å². The molecule has 1 heterocycles. The highest BCUT2D eigenvalue weighted by Gasteiger charge is 2.24. The largest absolute Gasteiger partial charge is 0.508 e. The number of fused-ring (bicyclic) bond motifs is 1. The molecule has 0 fully saturated rings. The predicted molar refractivity (Wildman–Crippen MR) is 61.9 cm³/mol. The molecule has 0 spiro atoms. The van der Waals surface area contributed by atoms with Gasteiger partial charge in [-0.1, -0.05) is 12.6 Å². The normalized spacial score (nSPS) is 20.1. The third kappa shape index (κ3) is 1.52. The quantitative estimate of drug-likeness (QED) is 0.700. The molecule has 16 heavy (non-hydrogen) atoms. The highest BCUT2D eigenvalue weighted by atomic mass is 16.3. The first kappa shape index (κ1) is 10.5.